The first kappa shape index (κ1) is 16.2. The van der Waals surface area contributed by atoms with Crippen molar-refractivity contribution in [2.75, 3.05) is 39.5 Å². The highest BCUT2D eigenvalue weighted by atomic mass is 19.1. The summed E-state index contributed by atoms with van der Waals surface area (Å²) < 4.78 is 24.5. The van der Waals surface area contributed by atoms with Crippen molar-refractivity contribution in [3.8, 4) is 5.75 Å². The molecule has 1 aliphatic heterocycles. The van der Waals surface area contributed by atoms with E-state index < -0.39 is 6.10 Å². The Kier molecular flexibility index (Phi) is 5.96. The number of morpholine rings is 1. The van der Waals surface area contributed by atoms with Gasteiger partial charge in [-0.25, -0.2) is 4.39 Å². The Balaban J connectivity index is 1.81. The fourth-order valence-corrected chi connectivity index (χ4v) is 2.31. The molecular weight excluding hydrogens is 273 g/mol. The van der Waals surface area contributed by atoms with E-state index in [0.717, 1.165) is 18.7 Å². The standard InChI is InChI=1S/C16H24FNO3/c1-12(2)13-3-4-16(15(17)9-13)21-11-14(19)10-18-5-7-20-8-6-18/h3-4,9,12,14,19H,5-8,10-11H2,1-2H3. The van der Waals surface area contributed by atoms with E-state index in [1.54, 1.807) is 6.07 Å². The zero-order chi connectivity index (χ0) is 15.2. The minimum Gasteiger partial charge on any atom is -0.488 e. The molecule has 1 fully saturated rings. The highest BCUT2D eigenvalue weighted by Crippen LogP contribution is 2.23. The Morgan fingerprint density at radius 1 is 1.33 bits per heavy atom. The molecule has 1 aromatic carbocycles. The summed E-state index contributed by atoms with van der Waals surface area (Å²) in [5.74, 6) is 0.0978. The number of hydrogen-bond acceptors (Lipinski definition) is 4. The summed E-state index contributed by atoms with van der Waals surface area (Å²) in [4.78, 5) is 2.12. The van der Waals surface area contributed by atoms with E-state index in [2.05, 4.69) is 4.90 Å². The molecule has 0 spiro atoms. The van der Waals surface area contributed by atoms with Crippen LogP contribution in [-0.2, 0) is 4.74 Å². The number of β-amino-alcohol motifs (C(OH)–C–C–N with tert-alkyl or cyclic N) is 1. The second-order valence-electron chi connectivity index (χ2n) is 5.72. The average molecular weight is 297 g/mol. The molecule has 118 valence electrons. The lowest BCUT2D eigenvalue weighted by Gasteiger charge is -2.28. The van der Waals surface area contributed by atoms with Crippen molar-refractivity contribution >= 4 is 0 Å². The van der Waals surface area contributed by atoms with Gasteiger partial charge in [0.05, 0.1) is 13.2 Å². The first-order valence-corrected chi connectivity index (χ1v) is 7.46. The van der Waals surface area contributed by atoms with E-state index in [0.29, 0.717) is 19.8 Å². The summed E-state index contributed by atoms with van der Waals surface area (Å²) in [7, 11) is 0. The molecule has 1 saturated heterocycles. The van der Waals surface area contributed by atoms with Gasteiger partial charge in [-0.15, -0.1) is 0 Å². The van der Waals surface area contributed by atoms with Crippen LogP contribution in [0.4, 0.5) is 4.39 Å². The lowest BCUT2D eigenvalue weighted by Crippen LogP contribution is -2.42. The van der Waals surface area contributed by atoms with Gasteiger partial charge >= 0.3 is 0 Å². The molecule has 0 bridgehead atoms. The van der Waals surface area contributed by atoms with Crippen molar-refractivity contribution in [1.29, 1.82) is 0 Å². The second-order valence-corrected chi connectivity index (χ2v) is 5.72. The van der Waals surface area contributed by atoms with Gasteiger partial charge in [0.25, 0.3) is 0 Å². The third-order valence-electron chi connectivity index (χ3n) is 3.63. The molecule has 0 aromatic heterocycles. The van der Waals surface area contributed by atoms with Gasteiger partial charge in [0.1, 0.15) is 12.7 Å². The molecule has 1 atom stereocenters. The van der Waals surface area contributed by atoms with Crippen molar-refractivity contribution in [2.24, 2.45) is 0 Å². The van der Waals surface area contributed by atoms with Crippen LogP contribution < -0.4 is 4.74 Å². The largest absolute Gasteiger partial charge is 0.488 e. The van der Waals surface area contributed by atoms with Crippen molar-refractivity contribution < 1.29 is 19.0 Å². The van der Waals surface area contributed by atoms with E-state index in [4.69, 9.17) is 9.47 Å². The molecule has 2 rings (SSSR count). The van der Waals surface area contributed by atoms with Crippen LogP contribution in [0.15, 0.2) is 18.2 Å². The third-order valence-corrected chi connectivity index (χ3v) is 3.63. The summed E-state index contributed by atoms with van der Waals surface area (Å²) >= 11 is 0. The molecule has 1 aliphatic rings. The Labute approximate surface area is 125 Å². The summed E-state index contributed by atoms with van der Waals surface area (Å²) in [6, 6.07) is 4.98. The predicted octanol–water partition coefficient (Wildman–Crippen LogP) is 2.02. The molecule has 21 heavy (non-hydrogen) atoms. The zero-order valence-corrected chi connectivity index (χ0v) is 12.7. The molecule has 5 heteroatoms. The fraction of sp³-hybridized carbons (Fsp3) is 0.625. The van der Waals surface area contributed by atoms with E-state index in [9.17, 15) is 9.50 Å². The van der Waals surface area contributed by atoms with Gasteiger partial charge in [0.15, 0.2) is 11.6 Å². The van der Waals surface area contributed by atoms with Crippen molar-refractivity contribution in [1.82, 2.24) is 4.90 Å². The topological polar surface area (TPSA) is 41.9 Å². The molecule has 1 heterocycles. The molecule has 4 nitrogen and oxygen atoms in total. The minimum atomic E-state index is -0.632. The molecule has 0 aliphatic carbocycles. The summed E-state index contributed by atoms with van der Waals surface area (Å²) in [6.07, 6.45) is -0.632. The van der Waals surface area contributed by atoms with Gasteiger partial charge in [0, 0.05) is 19.6 Å². The quantitative estimate of drug-likeness (QED) is 0.872. The smallest absolute Gasteiger partial charge is 0.165 e. The number of halogens is 1. The molecule has 1 aromatic rings. The summed E-state index contributed by atoms with van der Waals surface area (Å²) in [5, 5.41) is 9.97. The van der Waals surface area contributed by atoms with Crippen LogP contribution in [-0.4, -0.2) is 55.6 Å². The van der Waals surface area contributed by atoms with Gasteiger partial charge in [0.2, 0.25) is 0 Å². The van der Waals surface area contributed by atoms with Gasteiger partial charge in [-0.05, 0) is 23.6 Å². The molecule has 0 radical (unpaired) electrons. The first-order chi connectivity index (χ1) is 10.1. The highest BCUT2D eigenvalue weighted by Gasteiger charge is 2.16. The van der Waals surface area contributed by atoms with Gasteiger partial charge < -0.3 is 14.6 Å². The number of hydrogen-bond donors (Lipinski definition) is 1. The van der Waals surface area contributed by atoms with Crippen molar-refractivity contribution in [2.45, 2.75) is 25.9 Å². The molecule has 0 saturated carbocycles. The number of aliphatic hydroxyl groups is 1. The lowest BCUT2D eigenvalue weighted by atomic mass is 10.0. The Bertz CT molecular complexity index is 447. The molecule has 0 amide bonds. The monoisotopic (exact) mass is 297 g/mol. The maximum Gasteiger partial charge on any atom is 0.165 e. The van der Waals surface area contributed by atoms with E-state index >= 15 is 0 Å². The number of aliphatic hydroxyl groups excluding tert-OH is 1. The van der Waals surface area contributed by atoms with Crippen LogP contribution >= 0.6 is 0 Å². The van der Waals surface area contributed by atoms with Gasteiger partial charge in [-0.3, -0.25) is 4.90 Å². The zero-order valence-electron chi connectivity index (χ0n) is 12.7. The van der Waals surface area contributed by atoms with Crippen LogP contribution in [0.25, 0.3) is 0 Å². The van der Waals surface area contributed by atoms with E-state index in [1.807, 2.05) is 19.9 Å². The number of nitrogens with zero attached hydrogens (tertiary/aromatic N) is 1. The predicted molar refractivity (Wildman–Crippen MR) is 79.2 cm³/mol. The second kappa shape index (κ2) is 7.73. The molecule has 1 unspecified atom stereocenters. The SMILES string of the molecule is CC(C)c1ccc(OCC(O)CN2CCOCC2)c(F)c1. The minimum absolute atomic E-state index is 0.0926. The van der Waals surface area contributed by atoms with Crippen LogP contribution in [0.2, 0.25) is 0 Å². The number of rotatable bonds is 6. The van der Waals surface area contributed by atoms with Gasteiger partial charge in [-0.2, -0.15) is 0 Å². The number of ether oxygens (including phenoxy) is 2. The Hall–Kier alpha value is -1.17. The van der Waals surface area contributed by atoms with E-state index in [-0.39, 0.29) is 24.1 Å². The highest BCUT2D eigenvalue weighted by molar-refractivity contribution is 5.30. The van der Waals surface area contributed by atoms with E-state index in [1.165, 1.54) is 6.07 Å². The molecular formula is C16H24FNO3. The average Bonchev–Trinajstić information content (AvgIpc) is 2.47. The van der Waals surface area contributed by atoms with Crippen LogP contribution in [0.3, 0.4) is 0 Å². The maximum absolute atomic E-state index is 13.9. The Morgan fingerprint density at radius 3 is 2.67 bits per heavy atom. The van der Waals surface area contributed by atoms with Crippen molar-refractivity contribution in [3.05, 3.63) is 29.6 Å². The fourth-order valence-electron chi connectivity index (χ4n) is 2.31. The number of benzene rings is 1. The van der Waals surface area contributed by atoms with Crippen LogP contribution in [0, 0.1) is 5.82 Å². The maximum atomic E-state index is 13.9. The third kappa shape index (κ3) is 4.95. The summed E-state index contributed by atoms with van der Waals surface area (Å²) in [5.41, 5.74) is 0.939. The molecule has 1 N–H and O–H groups in total. The Morgan fingerprint density at radius 2 is 2.05 bits per heavy atom. The van der Waals surface area contributed by atoms with Gasteiger partial charge in [-0.1, -0.05) is 19.9 Å². The van der Waals surface area contributed by atoms with Crippen LogP contribution in [0.5, 0.6) is 5.75 Å². The van der Waals surface area contributed by atoms with Crippen LogP contribution in [0.1, 0.15) is 25.3 Å². The first-order valence-electron chi connectivity index (χ1n) is 7.46. The summed E-state index contributed by atoms with van der Waals surface area (Å²) in [6.45, 7) is 7.66. The lowest BCUT2D eigenvalue weighted by molar-refractivity contribution is 0.00433. The van der Waals surface area contributed by atoms with Crippen molar-refractivity contribution in [3.63, 3.8) is 0 Å². The normalized spacial score (nSPS) is 18.0.